The van der Waals surface area contributed by atoms with E-state index in [0.717, 1.165) is 78.8 Å². The van der Waals surface area contributed by atoms with E-state index in [0.29, 0.717) is 29.1 Å². The van der Waals surface area contributed by atoms with Crippen molar-refractivity contribution in [2.45, 2.75) is 33.1 Å². The fourth-order valence-electron chi connectivity index (χ4n) is 13.5. The molecule has 0 aliphatic heterocycles. The third kappa shape index (κ3) is 18.9. The molecule has 0 unspecified atom stereocenters. The second-order valence-corrected chi connectivity index (χ2v) is 31.9. The molecule has 0 saturated carbocycles. The summed E-state index contributed by atoms with van der Waals surface area (Å²) in [6.45, 7) is 8.08. The maximum atomic E-state index is 4.79. The summed E-state index contributed by atoms with van der Waals surface area (Å²) in [6.07, 6.45) is 5.90. The van der Waals surface area contributed by atoms with Gasteiger partial charge in [0.15, 0.2) is 18.6 Å². The number of rotatable bonds is 7. The smallest absolute Gasteiger partial charge is 0.205 e. The fourth-order valence-corrected chi connectivity index (χ4v) is 16.7. The first-order valence-corrected chi connectivity index (χ1v) is 40.3. The molecule has 0 bridgehead atoms. The van der Waals surface area contributed by atoms with Gasteiger partial charge in [-0.3, -0.25) is 30.2 Å². The van der Waals surface area contributed by atoms with Crippen LogP contribution in [0.1, 0.15) is 32.4 Å². The van der Waals surface area contributed by atoms with Crippen LogP contribution >= 0.6 is 34.0 Å². The van der Waals surface area contributed by atoms with E-state index < -0.39 is 0 Å². The number of hydrogen-bond acceptors (Lipinski definition) is 12. The van der Waals surface area contributed by atoms with E-state index in [1.165, 1.54) is 76.7 Å². The molecule has 21 heteroatoms. The number of thiophene rings is 3. The van der Waals surface area contributed by atoms with Crippen LogP contribution < -0.4 is 29.0 Å². The Hall–Kier alpha value is -12.1. The summed E-state index contributed by atoms with van der Waals surface area (Å²) < 4.78 is 13.7. The SMILES string of the molecule is C[n+]1ccccc1-c1nc(-c2ccccc2)n[n-]1.C[n+]1ccccc1-c1nc(C(C)(C)C)n[n-]1.Cc1n[n-]c(-c2cccc[n+]2C)n1.[Ir].[Ir].[Ir].[c-]1cc2sc3ccccc3c2cc1-c1ccc2ccccc2n1.[c-]1cc2sc3ccccc3c2cc1-c1ccc2ccccc2n1.[c-]1cc2sc3ccccc3c2cc1-c1ccc2ccccc2n1. The Morgan fingerprint density at radius 1 is 0.311 bits per heavy atom. The molecule has 0 aliphatic carbocycles. The number of hydrogen-bond donors (Lipinski definition) is 0. The first-order chi connectivity index (χ1) is 56.7. The van der Waals surface area contributed by atoms with E-state index in [1.54, 1.807) is 0 Å². The molecule has 12 heterocycles. The molecule has 0 saturated heterocycles. The van der Waals surface area contributed by atoms with Gasteiger partial charge in [0.1, 0.15) is 21.1 Å². The number of benzene rings is 10. The minimum absolute atomic E-state index is 0. The van der Waals surface area contributed by atoms with Crippen molar-refractivity contribution in [3.05, 3.63) is 352 Å². The van der Waals surface area contributed by atoms with E-state index in [4.69, 9.17) is 15.0 Å². The maximum Gasteiger partial charge on any atom is 0.205 e. The third-order valence-corrected chi connectivity index (χ3v) is 23.0. The average Bonchev–Trinajstić information content (AvgIpc) is 1.64. The van der Waals surface area contributed by atoms with Crippen molar-refractivity contribution >= 4 is 127 Å². The Kier molecular flexibility index (Phi) is 26.4. The molecular weight excluding hydrogens is 2060 g/mol. The molecule has 589 valence electrons. The van der Waals surface area contributed by atoms with Gasteiger partial charge in [0.2, 0.25) is 17.1 Å². The minimum Gasteiger partial charge on any atom is -0.417 e. The Morgan fingerprint density at radius 2 is 0.647 bits per heavy atom. The Balaban J connectivity index is 0.000000118. The van der Waals surface area contributed by atoms with Gasteiger partial charge < -0.3 is 30.2 Å². The summed E-state index contributed by atoms with van der Waals surface area (Å²) in [6, 6.07) is 114. The molecule has 12 aromatic heterocycles. The number of nitrogens with zero attached hydrogens (tertiary/aromatic N) is 15. The van der Waals surface area contributed by atoms with Crippen molar-refractivity contribution in [1.82, 2.24) is 60.5 Å². The molecule has 22 aromatic rings. The predicted molar refractivity (Wildman–Crippen MR) is 471 cm³/mol. The van der Waals surface area contributed by atoms with E-state index >= 15 is 0 Å². The maximum absolute atomic E-state index is 4.79. The molecule has 0 aliphatic rings. The average molecular weight is 2130 g/mol. The van der Waals surface area contributed by atoms with Gasteiger partial charge in [0, 0.05) is 145 Å². The summed E-state index contributed by atoms with van der Waals surface area (Å²) in [5, 5.41) is 35.6. The first-order valence-electron chi connectivity index (χ1n) is 37.8. The Morgan fingerprint density at radius 3 is 1.02 bits per heavy atom. The van der Waals surface area contributed by atoms with Gasteiger partial charge in [-0.1, -0.05) is 213 Å². The molecule has 15 nitrogen and oxygen atoms in total. The number of fused-ring (bicyclic) bond motifs is 12. The van der Waals surface area contributed by atoms with Crippen LogP contribution in [0.25, 0.3) is 173 Å². The van der Waals surface area contributed by atoms with Crippen molar-refractivity contribution in [2.75, 3.05) is 0 Å². The second-order valence-electron chi connectivity index (χ2n) is 28.6. The van der Waals surface area contributed by atoms with Crippen molar-refractivity contribution in [2.24, 2.45) is 21.1 Å². The molecule has 3 radical (unpaired) electrons. The molecule has 0 N–H and O–H groups in total. The van der Waals surface area contributed by atoms with Crippen molar-refractivity contribution < 1.29 is 74.0 Å². The van der Waals surface area contributed by atoms with Crippen LogP contribution in [-0.2, 0) is 86.9 Å². The standard InChI is InChI=1S/3C21H12NS.C14H12N4.C12H16N4.C9H10N4.3Ir/c3*1-3-7-18-14(5-1)9-11-19(22-18)15-10-12-21-17(13-15)16-6-2-4-8-20(16)23-21;1-18-10-6-5-9-12(18)14-15-13(16-17-14)11-7-3-2-4-8-11;1-12(2,3)11-13-10(14-15-11)9-7-5-6-8-16(9)4;1-7-10-9(12-11-7)8-5-3-4-6-13(8)2;;;/h3*1-9,11-13H;2-10H,1H3;5-8H,1-4H3;3-6H,1-2H3;;;/q3*-1;;;;;;. The summed E-state index contributed by atoms with van der Waals surface area (Å²) in [5.41, 5.74) is 13.0. The largest absolute Gasteiger partial charge is 0.417 e. The van der Waals surface area contributed by atoms with Gasteiger partial charge in [-0.25, -0.2) is 13.7 Å². The minimum atomic E-state index is -0.0569. The first kappa shape index (κ1) is 83.4. The summed E-state index contributed by atoms with van der Waals surface area (Å²) in [4.78, 5) is 27.5. The van der Waals surface area contributed by atoms with E-state index in [9.17, 15) is 0 Å². The van der Waals surface area contributed by atoms with E-state index in [1.807, 2.05) is 216 Å². The van der Waals surface area contributed by atoms with Gasteiger partial charge in [0.25, 0.3) is 0 Å². The van der Waals surface area contributed by atoms with Crippen molar-refractivity contribution in [1.29, 1.82) is 0 Å². The second kappa shape index (κ2) is 37.7. The summed E-state index contributed by atoms with van der Waals surface area (Å²) in [7, 11) is 5.90. The van der Waals surface area contributed by atoms with Crippen LogP contribution in [0.3, 0.4) is 0 Å². The number of para-hydroxylation sites is 3. The van der Waals surface area contributed by atoms with Gasteiger partial charge >= 0.3 is 0 Å². The quantitative estimate of drug-likeness (QED) is 0.109. The fraction of sp³-hybridized carbons (Fsp3) is 0.0816. The van der Waals surface area contributed by atoms with Crippen LogP contribution in [-0.4, -0.2) is 45.2 Å². The van der Waals surface area contributed by atoms with Gasteiger partial charge in [-0.15, -0.1) is 71.3 Å². The van der Waals surface area contributed by atoms with Crippen molar-refractivity contribution in [3.8, 4) is 79.7 Å². The number of aryl methyl sites for hydroxylation is 4. The van der Waals surface area contributed by atoms with Crippen LogP contribution in [0.5, 0.6) is 0 Å². The summed E-state index contributed by atoms with van der Waals surface area (Å²) in [5.74, 6) is 4.17. The monoisotopic (exact) mass is 2140 g/mol. The van der Waals surface area contributed by atoms with E-state index in [-0.39, 0.29) is 65.7 Å². The van der Waals surface area contributed by atoms with Gasteiger partial charge in [-0.2, -0.15) is 34.0 Å². The molecule has 0 amide bonds. The predicted octanol–water partition coefficient (Wildman–Crippen LogP) is 21.3. The van der Waals surface area contributed by atoms with Crippen molar-refractivity contribution in [3.63, 3.8) is 0 Å². The number of pyridine rings is 6. The molecule has 119 heavy (non-hydrogen) atoms. The Bertz CT molecular complexity index is 6820. The zero-order valence-corrected chi connectivity index (χ0v) is 75.2. The van der Waals surface area contributed by atoms with Gasteiger partial charge in [0.05, 0.1) is 22.4 Å². The van der Waals surface area contributed by atoms with Gasteiger partial charge in [-0.05, 0) is 131 Å². The molecular formula is C98H74Ir3N15S3-3. The van der Waals surface area contributed by atoms with Crippen LogP contribution in [0.2, 0.25) is 0 Å². The molecule has 22 rings (SSSR count). The molecule has 0 atom stereocenters. The van der Waals surface area contributed by atoms with Crippen LogP contribution in [0, 0.1) is 25.1 Å². The molecule has 0 spiro atoms. The van der Waals surface area contributed by atoms with E-state index in [2.05, 4.69) is 267 Å². The Labute approximate surface area is 740 Å². The van der Waals surface area contributed by atoms with Crippen LogP contribution in [0.15, 0.2) is 322 Å². The topological polar surface area (TPSA) is 170 Å². The number of aromatic nitrogens is 15. The third-order valence-electron chi connectivity index (χ3n) is 19.6. The van der Waals surface area contributed by atoms with Crippen LogP contribution in [0.4, 0.5) is 0 Å². The molecule has 0 fully saturated rings. The summed E-state index contributed by atoms with van der Waals surface area (Å²) >= 11 is 5.45. The molecule has 10 aromatic carbocycles. The normalized spacial score (nSPS) is 10.9. The zero-order chi connectivity index (χ0) is 79.1. The zero-order valence-electron chi connectivity index (χ0n) is 65.5.